The molecule has 1 atom stereocenters. The van der Waals surface area contributed by atoms with Crippen molar-refractivity contribution in [3.05, 3.63) is 106 Å². The molecule has 5 N–H and O–H groups in total. The van der Waals surface area contributed by atoms with Crippen LogP contribution in [0.4, 0.5) is 28.8 Å². The van der Waals surface area contributed by atoms with Crippen LogP contribution in [0.1, 0.15) is 66.3 Å². The van der Waals surface area contributed by atoms with Crippen LogP contribution in [-0.4, -0.2) is 145 Å². The van der Waals surface area contributed by atoms with Crippen LogP contribution in [-0.2, 0) is 55.2 Å². The maximum atomic E-state index is 13.5. The van der Waals surface area contributed by atoms with Gasteiger partial charge in [-0.05, 0) is 73.2 Å². The first-order valence-corrected chi connectivity index (χ1v) is 23.6. The summed E-state index contributed by atoms with van der Waals surface area (Å²) in [5.74, 6) is -1.90. The van der Waals surface area contributed by atoms with E-state index in [0.29, 0.717) is 76.5 Å². The first-order chi connectivity index (χ1) is 34.9. The summed E-state index contributed by atoms with van der Waals surface area (Å²) in [4.78, 5) is 88.3. The highest BCUT2D eigenvalue weighted by Crippen LogP contribution is 2.33. The molecule has 3 aromatic carbocycles. The van der Waals surface area contributed by atoms with E-state index in [0.717, 1.165) is 38.4 Å². The normalized spacial score (nSPS) is 15.4. The number of piperidine rings is 1. The molecular formula is C49H54N14O9. The Bertz CT molecular complexity index is 3040. The minimum absolute atomic E-state index is 0.0159. The summed E-state index contributed by atoms with van der Waals surface area (Å²) in [5.41, 5.74) is 7.62. The van der Waals surface area contributed by atoms with E-state index in [1.54, 1.807) is 38.8 Å². The van der Waals surface area contributed by atoms with Gasteiger partial charge in [0, 0.05) is 56.4 Å². The Kier molecular flexibility index (Phi) is 14.8. The molecule has 6 amide bonds. The van der Waals surface area contributed by atoms with Gasteiger partial charge >= 0.3 is 0 Å². The third-order valence-electron chi connectivity index (χ3n) is 12.5. The van der Waals surface area contributed by atoms with Crippen molar-refractivity contribution in [1.82, 2.24) is 55.2 Å². The Morgan fingerprint density at radius 1 is 0.861 bits per heavy atom. The van der Waals surface area contributed by atoms with Gasteiger partial charge < -0.3 is 40.4 Å². The van der Waals surface area contributed by atoms with Gasteiger partial charge in [-0.3, -0.25) is 39.0 Å². The van der Waals surface area contributed by atoms with E-state index < -0.39 is 29.7 Å². The Morgan fingerprint density at radius 2 is 1.62 bits per heavy atom. The van der Waals surface area contributed by atoms with E-state index in [2.05, 4.69) is 79.0 Å². The Hall–Kier alpha value is -8.15. The molecule has 23 nitrogen and oxygen atoms in total. The monoisotopic (exact) mass is 982 g/mol. The standard InChI is InChI=1S/C49H54N14O9/c1-29-6-4-7-30(2)42(29)55-43-35-25-52-49(56-44(35)60(3)58-43)53-33-11-10-31-14-16-61(27-32(31)24-33)47(68)37-28-62(59-57-37)17-19-71-21-23-72-22-20-70-18-15-50-40(65)26-51-36-9-5-8-34-41(36)48(69)63(46(34)67)38-12-13-39(64)54-45(38)66/h4-11,24-25,28,38,51H,12-23,26-27H2,1-3H3,(H,50,65)(H,55,58)(H,52,53,56)(H,54,64,66). The van der Waals surface area contributed by atoms with Crippen molar-refractivity contribution in [2.24, 2.45) is 7.05 Å². The van der Waals surface area contributed by atoms with Crippen molar-refractivity contribution in [3.8, 4) is 0 Å². The van der Waals surface area contributed by atoms with Crippen LogP contribution in [0.15, 0.2) is 67.0 Å². The summed E-state index contributed by atoms with van der Waals surface area (Å²) >= 11 is 0. The van der Waals surface area contributed by atoms with Gasteiger partial charge in [-0.1, -0.05) is 35.5 Å². The smallest absolute Gasteiger partial charge is 0.276 e. The van der Waals surface area contributed by atoms with Crippen molar-refractivity contribution in [2.45, 2.75) is 52.2 Å². The van der Waals surface area contributed by atoms with Crippen LogP contribution in [0, 0.1) is 13.8 Å². The largest absolute Gasteiger partial charge is 0.377 e. The van der Waals surface area contributed by atoms with Crippen LogP contribution < -0.4 is 26.6 Å². The molecule has 0 spiro atoms. The molecule has 72 heavy (non-hydrogen) atoms. The molecule has 1 fully saturated rings. The second-order valence-electron chi connectivity index (χ2n) is 17.5. The van der Waals surface area contributed by atoms with E-state index in [1.807, 2.05) is 25.2 Å². The molecule has 0 aliphatic carbocycles. The SMILES string of the molecule is Cc1cccc(C)c1Nc1nn(C)c2nc(Nc3ccc4c(c3)CN(C(=O)c3cn(CCOCCOCCOCCNC(=O)CNc5cccc6c5C(=O)N(C5CCC(=O)NC5=O)C6=O)nn3)CC4)ncc12. The number of anilines is 5. The minimum Gasteiger partial charge on any atom is -0.377 e. The van der Waals surface area contributed by atoms with Crippen molar-refractivity contribution in [2.75, 3.05) is 75.2 Å². The van der Waals surface area contributed by atoms with Crippen LogP contribution >= 0.6 is 0 Å². The lowest BCUT2D eigenvalue weighted by Crippen LogP contribution is -2.54. The lowest BCUT2D eigenvalue weighted by molar-refractivity contribution is -0.136. The van der Waals surface area contributed by atoms with Crippen molar-refractivity contribution in [3.63, 3.8) is 0 Å². The molecule has 374 valence electrons. The molecule has 1 saturated heterocycles. The number of ether oxygens (including phenoxy) is 3. The summed E-state index contributed by atoms with van der Waals surface area (Å²) in [5, 5.41) is 28.3. The summed E-state index contributed by atoms with van der Waals surface area (Å²) in [6, 6.07) is 15.8. The number of nitrogens with zero attached hydrogens (tertiary/aromatic N) is 9. The Labute approximate surface area is 413 Å². The minimum atomic E-state index is -1.09. The molecule has 0 radical (unpaired) electrons. The number of rotatable bonds is 21. The Balaban J connectivity index is 0.635. The van der Waals surface area contributed by atoms with Gasteiger partial charge in [0.1, 0.15) is 6.04 Å². The third kappa shape index (κ3) is 10.9. The van der Waals surface area contributed by atoms with Crippen molar-refractivity contribution < 1.29 is 43.0 Å². The lowest BCUT2D eigenvalue weighted by Gasteiger charge is -2.28. The zero-order chi connectivity index (χ0) is 50.3. The number of fused-ring (bicyclic) bond motifs is 3. The number of aryl methyl sites for hydroxylation is 3. The number of imide groups is 2. The maximum Gasteiger partial charge on any atom is 0.276 e. The summed E-state index contributed by atoms with van der Waals surface area (Å²) in [6.07, 6.45) is 4.15. The highest BCUT2D eigenvalue weighted by atomic mass is 16.5. The number of para-hydroxylation sites is 1. The van der Waals surface area contributed by atoms with E-state index in [1.165, 1.54) is 11.6 Å². The molecule has 9 rings (SSSR count). The average Bonchev–Trinajstić information content (AvgIpc) is 4.05. The van der Waals surface area contributed by atoms with Crippen LogP contribution in [0.5, 0.6) is 0 Å². The quantitative estimate of drug-likeness (QED) is 0.0512. The van der Waals surface area contributed by atoms with Gasteiger partial charge in [0.2, 0.25) is 23.7 Å². The highest BCUT2D eigenvalue weighted by molar-refractivity contribution is 6.25. The molecule has 23 heteroatoms. The van der Waals surface area contributed by atoms with Gasteiger partial charge in [0.25, 0.3) is 17.7 Å². The predicted molar refractivity (Wildman–Crippen MR) is 261 cm³/mol. The van der Waals surface area contributed by atoms with Crippen LogP contribution in [0.2, 0.25) is 0 Å². The van der Waals surface area contributed by atoms with Crippen LogP contribution in [0.3, 0.4) is 0 Å². The number of carbonyl (C=O) groups is 6. The number of nitrogens with one attached hydrogen (secondary N) is 5. The van der Waals surface area contributed by atoms with Gasteiger partial charge in [-0.15, -0.1) is 5.10 Å². The fourth-order valence-electron chi connectivity index (χ4n) is 8.79. The molecule has 0 bridgehead atoms. The van der Waals surface area contributed by atoms with Gasteiger partial charge in [0.15, 0.2) is 17.2 Å². The second-order valence-corrected chi connectivity index (χ2v) is 17.5. The van der Waals surface area contributed by atoms with E-state index in [9.17, 15) is 28.8 Å². The summed E-state index contributed by atoms with van der Waals surface area (Å²) in [7, 11) is 1.85. The number of amides is 6. The number of hydrogen-bond acceptors (Lipinski definition) is 17. The van der Waals surface area contributed by atoms with Gasteiger partial charge in [-0.2, -0.15) is 10.1 Å². The van der Waals surface area contributed by atoms with Crippen molar-refractivity contribution >= 4 is 75.3 Å². The first kappa shape index (κ1) is 48.9. The highest BCUT2D eigenvalue weighted by Gasteiger charge is 2.45. The fraction of sp³-hybridized carbons (Fsp3) is 0.367. The number of carbonyl (C=O) groups excluding carboxylic acids is 6. The summed E-state index contributed by atoms with van der Waals surface area (Å²) < 4.78 is 20.1. The van der Waals surface area contributed by atoms with E-state index in [4.69, 9.17) is 19.2 Å². The van der Waals surface area contributed by atoms with Crippen molar-refractivity contribution in [1.29, 1.82) is 0 Å². The zero-order valence-corrected chi connectivity index (χ0v) is 40.0. The van der Waals surface area contributed by atoms with E-state index >= 15 is 0 Å². The molecule has 0 saturated carbocycles. The first-order valence-electron chi connectivity index (χ1n) is 23.6. The van der Waals surface area contributed by atoms with Gasteiger partial charge in [0.05, 0.1) is 75.4 Å². The number of benzene rings is 3. The number of aromatic nitrogens is 7. The molecule has 3 aliphatic heterocycles. The lowest BCUT2D eigenvalue weighted by atomic mass is 9.99. The topological polar surface area (TPSA) is 271 Å². The zero-order valence-electron chi connectivity index (χ0n) is 40.0. The fourth-order valence-corrected chi connectivity index (χ4v) is 8.79. The molecular weight excluding hydrogens is 929 g/mol. The third-order valence-corrected chi connectivity index (χ3v) is 12.5. The maximum absolute atomic E-state index is 13.5. The Morgan fingerprint density at radius 3 is 2.42 bits per heavy atom. The van der Waals surface area contributed by atoms with E-state index in [-0.39, 0.29) is 66.9 Å². The molecule has 3 aliphatic rings. The predicted octanol–water partition coefficient (Wildman–Crippen LogP) is 2.94. The van der Waals surface area contributed by atoms with Gasteiger partial charge in [-0.25, -0.2) is 14.3 Å². The second kappa shape index (κ2) is 21.9. The molecule has 3 aromatic heterocycles. The summed E-state index contributed by atoms with van der Waals surface area (Å²) in [6.45, 7) is 7.40. The average molecular weight is 983 g/mol. The van der Waals surface area contributed by atoms with Crippen LogP contribution in [0.25, 0.3) is 11.0 Å². The number of hydrogen-bond donors (Lipinski definition) is 5. The molecule has 6 aromatic rings. The molecule has 1 unspecified atom stereocenters. The molecule has 6 heterocycles.